The standard InChI is InChI=1S/C21H18Cl2F3N/c1-4-11(2)17-15(25)9-10-16(20(17)26)27-12(3)18-19(21(18,22)23)13-5-7-14(24)8-6-13/h5-10,18-19,27H,2-4H2,1H3. The smallest absolute Gasteiger partial charge is 0.157 e. The topological polar surface area (TPSA) is 12.0 Å². The van der Waals surface area contributed by atoms with Crippen LogP contribution in [0, 0.1) is 23.4 Å². The van der Waals surface area contributed by atoms with E-state index in [4.69, 9.17) is 23.2 Å². The summed E-state index contributed by atoms with van der Waals surface area (Å²) in [5.74, 6) is -2.49. The summed E-state index contributed by atoms with van der Waals surface area (Å²) >= 11 is 12.8. The van der Waals surface area contributed by atoms with Crippen LogP contribution >= 0.6 is 23.2 Å². The number of rotatable bonds is 6. The summed E-state index contributed by atoms with van der Waals surface area (Å²) in [4.78, 5) is 0. The minimum atomic E-state index is -1.14. The Morgan fingerprint density at radius 2 is 1.70 bits per heavy atom. The summed E-state index contributed by atoms with van der Waals surface area (Å²) in [5.41, 5.74) is 1.44. The van der Waals surface area contributed by atoms with E-state index in [2.05, 4.69) is 18.5 Å². The number of alkyl halides is 2. The van der Waals surface area contributed by atoms with Gasteiger partial charge in [-0.2, -0.15) is 0 Å². The molecule has 0 saturated heterocycles. The van der Waals surface area contributed by atoms with Gasteiger partial charge in [0.2, 0.25) is 0 Å². The molecule has 27 heavy (non-hydrogen) atoms. The fourth-order valence-electron chi connectivity index (χ4n) is 3.25. The Morgan fingerprint density at radius 1 is 1.07 bits per heavy atom. The summed E-state index contributed by atoms with van der Waals surface area (Å²) in [6.07, 6.45) is 0.417. The monoisotopic (exact) mass is 411 g/mol. The van der Waals surface area contributed by atoms with Crippen molar-refractivity contribution in [3.8, 4) is 0 Å². The van der Waals surface area contributed by atoms with Gasteiger partial charge in [-0.25, -0.2) is 13.2 Å². The van der Waals surface area contributed by atoms with Gasteiger partial charge in [0.15, 0.2) is 5.82 Å². The first-order chi connectivity index (χ1) is 12.7. The van der Waals surface area contributed by atoms with Gasteiger partial charge in [0, 0.05) is 17.5 Å². The quantitative estimate of drug-likeness (QED) is 0.502. The van der Waals surface area contributed by atoms with Gasteiger partial charge in [0.25, 0.3) is 0 Å². The molecule has 3 rings (SSSR count). The van der Waals surface area contributed by atoms with Crippen molar-refractivity contribution in [1.29, 1.82) is 0 Å². The van der Waals surface area contributed by atoms with Crippen molar-refractivity contribution in [2.45, 2.75) is 23.6 Å². The highest BCUT2D eigenvalue weighted by atomic mass is 35.5. The SMILES string of the molecule is C=C(CC)c1c(F)ccc(NC(=C)C2C(c3ccc(F)cc3)C2(Cl)Cl)c1F. The summed E-state index contributed by atoms with van der Waals surface area (Å²) in [5, 5.41) is 2.87. The molecule has 2 unspecified atom stereocenters. The lowest BCUT2D eigenvalue weighted by atomic mass is 10.0. The Hall–Kier alpha value is -1.91. The maximum Gasteiger partial charge on any atom is 0.157 e. The maximum absolute atomic E-state index is 14.8. The fraction of sp³-hybridized carbons (Fsp3) is 0.238. The number of benzene rings is 2. The van der Waals surface area contributed by atoms with Gasteiger partial charge in [-0.3, -0.25) is 0 Å². The summed E-state index contributed by atoms with van der Waals surface area (Å²) < 4.78 is 40.7. The first-order valence-electron chi connectivity index (χ1n) is 8.43. The highest BCUT2D eigenvalue weighted by Crippen LogP contribution is 2.67. The van der Waals surface area contributed by atoms with E-state index in [1.807, 2.05) is 0 Å². The lowest BCUT2D eigenvalue weighted by molar-refractivity contribution is 0.578. The van der Waals surface area contributed by atoms with Gasteiger partial charge >= 0.3 is 0 Å². The molecule has 1 fully saturated rings. The van der Waals surface area contributed by atoms with Crippen LogP contribution in [0.1, 0.15) is 30.4 Å². The molecule has 6 heteroatoms. The third-order valence-corrected chi connectivity index (χ3v) is 5.77. The second-order valence-electron chi connectivity index (χ2n) is 6.57. The van der Waals surface area contributed by atoms with Crippen LogP contribution < -0.4 is 5.32 Å². The molecule has 1 aliphatic rings. The van der Waals surface area contributed by atoms with Crippen LogP contribution in [-0.2, 0) is 0 Å². The molecule has 0 bridgehead atoms. The third-order valence-electron chi connectivity index (χ3n) is 4.82. The molecule has 2 aromatic rings. The number of halogens is 5. The van der Waals surface area contributed by atoms with E-state index < -0.39 is 21.9 Å². The largest absolute Gasteiger partial charge is 0.357 e. The van der Waals surface area contributed by atoms with Gasteiger partial charge in [0.05, 0.1) is 11.3 Å². The predicted molar refractivity (Wildman–Crippen MR) is 106 cm³/mol. The zero-order valence-electron chi connectivity index (χ0n) is 14.6. The van der Waals surface area contributed by atoms with E-state index in [0.717, 1.165) is 5.56 Å². The zero-order chi connectivity index (χ0) is 19.9. The first kappa shape index (κ1) is 19.8. The van der Waals surface area contributed by atoms with Gasteiger partial charge in [0.1, 0.15) is 16.0 Å². The van der Waals surface area contributed by atoms with Gasteiger partial charge in [-0.05, 0) is 41.8 Å². The second-order valence-corrected chi connectivity index (χ2v) is 8.02. The van der Waals surface area contributed by atoms with Gasteiger partial charge in [-0.1, -0.05) is 32.2 Å². The van der Waals surface area contributed by atoms with Crippen LogP contribution in [0.25, 0.3) is 5.57 Å². The van der Waals surface area contributed by atoms with E-state index in [1.165, 1.54) is 24.3 Å². The van der Waals surface area contributed by atoms with Crippen molar-refractivity contribution in [3.63, 3.8) is 0 Å². The zero-order valence-corrected chi connectivity index (χ0v) is 16.1. The molecule has 2 atom stereocenters. The normalized spacial score (nSPS) is 20.2. The minimum absolute atomic E-state index is 0.0693. The van der Waals surface area contributed by atoms with Crippen molar-refractivity contribution in [2.75, 3.05) is 5.32 Å². The van der Waals surface area contributed by atoms with Gasteiger partial charge in [-0.15, -0.1) is 23.2 Å². The van der Waals surface area contributed by atoms with Crippen LogP contribution in [0.5, 0.6) is 0 Å². The molecule has 0 aliphatic heterocycles. The summed E-state index contributed by atoms with van der Waals surface area (Å²) in [6, 6.07) is 8.33. The Morgan fingerprint density at radius 3 is 2.30 bits per heavy atom. The number of anilines is 1. The Balaban J connectivity index is 1.84. The van der Waals surface area contributed by atoms with Crippen molar-refractivity contribution in [2.24, 2.45) is 5.92 Å². The lowest BCUT2D eigenvalue weighted by Crippen LogP contribution is -2.07. The van der Waals surface area contributed by atoms with Crippen molar-refractivity contribution >= 4 is 34.5 Å². The molecule has 1 aliphatic carbocycles. The summed E-state index contributed by atoms with van der Waals surface area (Å²) in [7, 11) is 0. The molecular formula is C21H18Cl2F3N. The first-order valence-corrected chi connectivity index (χ1v) is 9.19. The number of allylic oxidation sites excluding steroid dienone is 2. The molecule has 1 nitrogen and oxygen atoms in total. The van der Waals surface area contributed by atoms with Crippen molar-refractivity contribution in [3.05, 3.63) is 83.8 Å². The second kappa shape index (κ2) is 7.25. The fourth-order valence-corrected chi connectivity index (χ4v) is 4.14. The Kier molecular flexibility index (Phi) is 5.33. The van der Waals surface area contributed by atoms with Crippen LogP contribution in [0.3, 0.4) is 0 Å². The lowest BCUT2D eigenvalue weighted by Gasteiger charge is -2.14. The molecule has 1 saturated carbocycles. The van der Waals surface area contributed by atoms with Crippen molar-refractivity contribution in [1.82, 2.24) is 0 Å². The summed E-state index contributed by atoms with van der Waals surface area (Å²) in [6.45, 7) is 9.40. The van der Waals surface area contributed by atoms with E-state index in [9.17, 15) is 13.2 Å². The molecular weight excluding hydrogens is 394 g/mol. The molecule has 0 radical (unpaired) electrons. The molecule has 0 spiro atoms. The minimum Gasteiger partial charge on any atom is -0.357 e. The van der Waals surface area contributed by atoms with Crippen LogP contribution in [-0.4, -0.2) is 4.33 Å². The molecule has 2 aromatic carbocycles. The average molecular weight is 412 g/mol. The predicted octanol–water partition coefficient (Wildman–Crippen LogP) is 7.04. The Labute approximate surface area is 166 Å². The van der Waals surface area contributed by atoms with Crippen molar-refractivity contribution < 1.29 is 13.2 Å². The molecule has 0 aromatic heterocycles. The van der Waals surface area contributed by atoms with Crippen LogP contribution in [0.2, 0.25) is 0 Å². The van der Waals surface area contributed by atoms with Gasteiger partial charge < -0.3 is 5.32 Å². The number of hydrogen-bond acceptors (Lipinski definition) is 1. The Bertz CT molecular complexity index is 906. The molecule has 142 valence electrons. The highest BCUT2D eigenvalue weighted by Gasteiger charge is 2.65. The van der Waals surface area contributed by atoms with E-state index >= 15 is 0 Å². The molecule has 0 heterocycles. The number of nitrogens with one attached hydrogen (secondary N) is 1. The molecule has 1 N–H and O–H groups in total. The highest BCUT2D eigenvalue weighted by molar-refractivity contribution is 6.52. The number of hydrogen-bond donors (Lipinski definition) is 1. The third kappa shape index (κ3) is 3.61. The van der Waals surface area contributed by atoms with E-state index in [-0.39, 0.29) is 23.0 Å². The maximum atomic E-state index is 14.8. The average Bonchev–Trinajstić information content (AvgIpc) is 3.20. The van der Waals surface area contributed by atoms with E-state index in [0.29, 0.717) is 17.7 Å². The van der Waals surface area contributed by atoms with E-state index in [1.54, 1.807) is 19.1 Å². The van der Waals surface area contributed by atoms with Crippen LogP contribution in [0.15, 0.2) is 55.3 Å². The van der Waals surface area contributed by atoms with Crippen LogP contribution in [0.4, 0.5) is 18.9 Å². The molecule has 0 amide bonds.